The lowest BCUT2D eigenvalue weighted by molar-refractivity contribution is -0.177. The lowest BCUT2D eigenvalue weighted by atomic mass is 9.83. The number of amides is 1. The van der Waals surface area contributed by atoms with Crippen LogP contribution in [0.5, 0.6) is 0 Å². The zero-order valence-electron chi connectivity index (χ0n) is 15.6. The van der Waals surface area contributed by atoms with Crippen molar-refractivity contribution in [3.05, 3.63) is 29.1 Å². The number of anilines is 2. The number of nitrogens with one attached hydrogen (secondary N) is 2. The molecule has 0 bridgehead atoms. The zero-order valence-corrected chi connectivity index (χ0v) is 15.6. The molecule has 0 spiro atoms. The smallest absolute Gasteiger partial charge is 0.382 e. The molecule has 1 fully saturated rings. The van der Waals surface area contributed by atoms with Crippen LogP contribution in [0.1, 0.15) is 41.6 Å². The number of aromatic amines is 1. The summed E-state index contributed by atoms with van der Waals surface area (Å²) in [7, 11) is 0. The summed E-state index contributed by atoms with van der Waals surface area (Å²) in [6.45, 7) is 0.619. The maximum Gasteiger partial charge on any atom is 0.435 e. The van der Waals surface area contributed by atoms with Gasteiger partial charge in [0.25, 0.3) is 5.91 Å². The van der Waals surface area contributed by atoms with Gasteiger partial charge in [-0.2, -0.15) is 31.4 Å². The standard InChI is InChI=1S/C17H16F6N6O2/c18-16(19,20)8-1-2-9(26-25-8)29-5-3-7(4-6-29)12-10-11(17(21,22)23)13(30)15(31)24-14(10)28-27-12/h1-2,7,11,13,30H,3-6H2,(H2,24,27,28,31)/t11-,13-/m1/s1. The van der Waals surface area contributed by atoms with Gasteiger partial charge in [-0.1, -0.05) is 0 Å². The predicted molar refractivity (Wildman–Crippen MR) is 93.2 cm³/mol. The van der Waals surface area contributed by atoms with Gasteiger partial charge in [-0.3, -0.25) is 9.89 Å². The Bertz CT molecular complexity index is 965. The van der Waals surface area contributed by atoms with E-state index in [-0.39, 0.29) is 28.8 Å². The van der Waals surface area contributed by atoms with Crippen LogP contribution in [-0.4, -0.2) is 56.8 Å². The molecule has 2 atom stereocenters. The van der Waals surface area contributed by atoms with E-state index < -0.39 is 36.0 Å². The normalized spacial score (nSPS) is 22.9. The predicted octanol–water partition coefficient (Wildman–Crippen LogP) is 2.56. The van der Waals surface area contributed by atoms with E-state index in [4.69, 9.17) is 0 Å². The molecule has 2 aliphatic heterocycles. The van der Waals surface area contributed by atoms with E-state index in [1.54, 1.807) is 4.90 Å². The molecular formula is C17H16F6N6O2. The van der Waals surface area contributed by atoms with E-state index in [1.165, 1.54) is 6.07 Å². The topological polar surface area (TPSA) is 107 Å². The number of aliphatic hydroxyl groups excluding tert-OH is 1. The minimum atomic E-state index is -4.86. The van der Waals surface area contributed by atoms with Gasteiger partial charge in [0.2, 0.25) is 0 Å². The first-order valence-corrected chi connectivity index (χ1v) is 9.26. The first-order valence-electron chi connectivity index (χ1n) is 9.26. The average molecular weight is 450 g/mol. The fourth-order valence-electron chi connectivity index (χ4n) is 3.97. The van der Waals surface area contributed by atoms with Crippen molar-refractivity contribution in [1.29, 1.82) is 0 Å². The number of carbonyl (C=O) groups excluding carboxylic acids is 1. The number of hydrogen-bond acceptors (Lipinski definition) is 6. The van der Waals surface area contributed by atoms with Gasteiger partial charge < -0.3 is 15.3 Å². The van der Waals surface area contributed by atoms with Gasteiger partial charge in [-0.25, -0.2) is 0 Å². The third-order valence-electron chi connectivity index (χ3n) is 5.49. The second-order valence-corrected chi connectivity index (χ2v) is 7.39. The third kappa shape index (κ3) is 3.91. The Morgan fingerprint density at radius 2 is 1.74 bits per heavy atom. The van der Waals surface area contributed by atoms with Gasteiger partial charge in [0.05, 0.1) is 0 Å². The van der Waals surface area contributed by atoms with E-state index in [1.807, 2.05) is 0 Å². The zero-order chi connectivity index (χ0) is 22.6. The number of aliphatic hydroxyl groups is 1. The Kier molecular flexibility index (Phi) is 5.06. The van der Waals surface area contributed by atoms with Crippen LogP contribution in [0.4, 0.5) is 38.0 Å². The van der Waals surface area contributed by atoms with Crippen molar-refractivity contribution in [3.8, 4) is 0 Å². The average Bonchev–Trinajstić information content (AvgIpc) is 3.10. The second-order valence-electron chi connectivity index (χ2n) is 7.39. The number of piperidine rings is 1. The van der Waals surface area contributed by atoms with Crippen molar-refractivity contribution in [2.45, 2.75) is 43.1 Å². The van der Waals surface area contributed by atoms with Crippen molar-refractivity contribution in [3.63, 3.8) is 0 Å². The molecule has 4 rings (SSSR count). The first kappa shape index (κ1) is 21.3. The van der Waals surface area contributed by atoms with E-state index in [9.17, 15) is 36.2 Å². The molecular weight excluding hydrogens is 434 g/mol. The fraction of sp³-hybridized carbons (Fsp3) is 0.529. The molecule has 2 aliphatic rings. The number of aromatic nitrogens is 4. The number of rotatable bonds is 2. The summed E-state index contributed by atoms with van der Waals surface area (Å²) in [5.41, 5.74) is -1.23. The van der Waals surface area contributed by atoms with Crippen LogP contribution in [0.2, 0.25) is 0 Å². The molecule has 168 valence electrons. The van der Waals surface area contributed by atoms with E-state index in [0.29, 0.717) is 25.9 Å². The molecule has 8 nitrogen and oxygen atoms in total. The van der Waals surface area contributed by atoms with Gasteiger partial charge in [0.15, 0.2) is 17.3 Å². The summed E-state index contributed by atoms with van der Waals surface area (Å²) in [5.74, 6) is -3.99. The van der Waals surface area contributed by atoms with Crippen molar-refractivity contribution < 1.29 is 36.2 Å². The number of hydrogen-bond donors (Lipinski definition) is 3. The molecule has 0 saturated carbocycles. The molecule has 1 amide bonds. The summed E-state index contributed by atoms with van der Waals surface area (Å²) in [5, 5.41) is 25.1. The van der Waals surface area contributed by atoms with Crippen LogP contribution in [0.3, 0.4) is 0 Å². The SMILES string of the molecule is O=C1Nc2n[nH]c(C3CCN(c4ccc(C(F)(F)F)nn4)CC3)c2[C@@H](C(F)(F)F)[C@H]1O. The molecule has 0 aromatic carbocycles. The Balaban J connectivity index is 1.52. The molecule has 0 aliphatic carbocycles. The molecule has 14 heteroatoms. The Morgan fingerprint density at radius 3 is 2.29 bits per heavy atom. The largest absolute Gasteiger partial charge is 0.435 e. The number of fused-ring (bicyclic) bond motifs is 1. The van der Waals surface area contributed by atoms with Crippen LogP contribution in [0.25, 0.3) is 0 Å². The summed E-state index contributed by atoms with van der Waals surface area (Å²) >= 11 is 0. The molecule has 3 N–H and O–H groups in total. The fourth-order valence-corrected chi connectivity index (χ4v) is 3.97. The highest BCUT2D eigenvalue weighted by molar-refractivity contribution is 5.97. The Labute approximate surface area is 170 Å². The second kappa shape index (κ2) is 7.35. The monoisotopic (exact) mass is 450 g/mol. The highest BCUT2D eigenvalue weighted by atomic mass is 19.4. The lowest BCUT2D eigenvalue weighted by Crippen LogP contribution is -2.44. The summed E-state index contributed by atoms with van der Waals surface area (Å²) in [4.78, 5) is 13.4. The molecule has 2 aromatic rings. The van der Waals surface area contributed by atoms with E-state index in [0.717, 1.165) is 6.07 Å². The number of H-pyrrole nitrogens is 1. The number of nitrogens with zero attached hydrogens (tertiary/aromatic N) is 4. The van der Waals surface area contributed by atoms with Crippen molar-refractivity contribution in [2.24, 2.45) is 0 Å². The number of alkyl halides is 6. The van der Waals surface area contributed by atoms with Gasteiger partial charge in [0, 0.05) is 30.3 Å². The van der Waals surface area contributed by atoms with Crippen molar-refractivity contribution in [2.75, 3.05) is 23.3 Å². The van der Waals surface area contributed by atoms with Gasteiger partial charge >= 0.3 is 12.4 Å². The Morgan fingerprint density at radius 1 is 1.06 bits per heavy atom. The quantitative estimate of drug-likeness (QED) is 0.608. The van der Waals surface area contributed by atoms with Crippen LogP contribution in [-0.2, 0) is 11.0 Å². The number of halogens is 6. The van der Waals surface area contributed by atoms with Gasteiger partial charge in [-0.15, -0.1) is 10.2 Å². The minimum absolute atomic E-state index is 0.175. The maximum atomic E-state index is 13.6. The summed E-state index contributed by atoms with van der Waals surface area (Å²) in [6.07, 6.45) is -11.0. The van der Waals surface area contributed by atoms with Crippen molar-refractivity contribution in [1.82, 2.24) is 20.4 Å². The van der Waals surface area contributed by atoms with Crippen molar-refractivity contribution >= 4 is 17.5 Å². The van der Waals surface area contributed by atoms with Crippen LogP contribution < -0.4 is 10.2 Å². The highest BCUT2D eigenvalue weighted by Crippen LogP contribution is 2.47. The molecule has 31 heavy (non-hydrogen) atoms. The molecule has 0 radical (unpaired) electrons. The van der Waals surface area contributed by atoms with E-state index >= 15 is 0 Å². The lowest BCUT2D eigenvalue weighted by Gasteiger charge is -2.34. The number of carbonyl (C=O) groups is 1. The molecule has 4 heterocycles. The van der Waals surface area contributed by atoms with Crippen LogP contribution in [0, 0.1) is 0 Å². The molecule has 2 aromatic heterocycles. The van der Waals surface area contributed by atoms with Crippen LogP contribution in [0.15, 0.2) is 12.1 Å². The van der Waals surface area contributed by atoms with Gasteiger partial charge in [-0.05, 0) is 25.0 Å². The van der Waals surface area contributed by atoms with E-state index in [2.05, 4.69) is 25.7 Å². The third-order valence-corrected chi connectivity index (χ3v) is 5.49. The minimum Gasteiger partial charge on any atom is -0.382 e. The first-order chi connectivity index (χ1) is 14.5. The highest BCUT2D eigenvalue weighted by Gasteiger charge is 2.53. The van der Waals surface area contributed by atoms with Gasteiger partial charge in [0.1, 0.15) is 12.0 Å². The Hall–Kier alpha value is -2.90. The molecule has 0 unspecified atom stereocenters. The maximum absolute atomic E-state index is 13.6. The summed E-state index contributed by atoms with van der Waals surface area (Å²) < 4.78 is 78.6. The summed E-state index contributed by atoms with van der Waals surface area (Å²) in [6, 6.07) is 2.01. The molecule has 1 saturated heterocycles. The van der Waals surface area contributed by atoms with Crippen LogP contribution >= 0.6 is 0 Å².